The van der Waals surface area contributed by atoms with E-state index in [0.717, 1.165) is 63.5 Å². The summed E-state index contributed by atoms with van der Waals surface area (Å²) in [7, 11) is 4.06. The van der Waals surface area contributed by atoms with Crippen molar-refractivity contribution in [3.05, 3.63) is 60.2 Å². The first-order valence-electron chi connectivity index (χ1n) is 14.0. The van der Waals surface area contributed by atoms with Gasteiger partial charge in [-0.05, 0) is 75.0 Å². The van der Waals surface area contributed by atoms with Gasteiger partial charge in [0.2, 0.25) is 0 Å². The lowest BCUT2D eigenvalue weighted by molar-refractivity contribution is -0.137. The molecule has 2 fully saturated rings. The van der Waals surface area contributed by atoms with Crippen molar-refractivity contribution in [1.82, 2.24) is 10.2 Å². The molecule has 0 aliphatic heterocycles. The first kappa shape index (κ1) is 28.1. The maximum absolute atomic E-state index is 13.2. The van der Waals surface area contributed by atoms with Gasteiger partial charge < -0.3 is 24.8 Å². The van der Waals surface area contributed by atoms with E-state index >= 15 is 0 Å². The molecule has 206 valence electrons. The Kier molecular flexibility index (Phi) is 9.44. The number of rotatable bonds is 9. The van der Waals surface area contributed by atoms with Gasteiger partial charge in [-0.2, -0.15) is 0 Å². The number of hydrogen-bond acceptors (Lipinski definition) is 6. The highest BCUT2D eigenvalue weighted by molar-refractivity contribution is 5.74. The summed E-state index contributed by atoms with van der Waals surface area (Å²) in [5.74, 6) is 0.749. The molecule has 0 heterocycles. The van der Waals surface area contributed by atoms with Crippen molar-refractivity contribution in [3.8, 4) is 11.5 Å². The summed E-state index contributed by atoms with van der Waals surface area (Å²) >= 11 is 0. The molecule has 2 N–H and O–H groups in total. The second-order valence-corrected chi connectivity index (χ2v) is 11.4. The summed E-state index contributed by atoms with van der Waals surface area (Å²) in [4.78, 5) is 27.7. The summed E-state index contributed by atoms with van der Waals surface area (Å²) < 4.78 is 11.2. The number of amides is 1. The maximum Gasteiger partial charge on any atom is 0.412 e. The van der Waals surface area contributed by atoms with Crippen LogP contribution in [0.25, 0.3) is 0 Å². The molecule has 0 radical (unpaired) electrons. The minimum Gasteiger partial charge on any atom is -0.427 e. The third-order valence-electron chi connectivity index (χ3n) is 8.18. The zero-order valence-electron chi connectivity index (χ0n) is 22.8. The van der Waals surface area contributed by atoms with E-state index in [2.05, 4.69) is 10.2 Å². The Morgan fingerprint density at radius 1 is 0.921 bits per heavy atom. The van der Waals surface area contributed by atoms with E-state index in [1.54, 1.807) is 18.2 Å². The van der Waals surface area contributed by atoms with E-state index in [0.29, 0.717) is 24.5 Å². The molecule has 38 heavy (non-hydrogen) atoms. The van der Waals surface area contributed by atoms with Crippen LogP contribution in [0.1, 0.15) is 69.8 Å². The molecule has 0 spiro atoms. The first-order chi connectivity index (χ1) is 18.3. The van der Waals surface area contributed by atoms with Gasteiger partial charge in [-0.25, -0.2) is 4.79 Å². The lowest BCUT2D eigenvalue weighted by Crippen LogP contribution is -2.43. The van der Waals surface area contributed by atoms with Crippen molar-refractivity contribution in [3.63, 3.8) is 0 Å². The van der Waals surface area contributed by atoms with Gasteiger partial charge in [0.1, 0.15) is 11.5 Å². The van der Waals surface area contributed by atoms with E-state index in [1.165, 1.54) is 0 Å². The Hall–Kier alpha value is -2.90. The molecular weight excluding hydrogens is 480 g/mol. The summed E-state index contributed by atoms with van der Waals surface area (Å²) in [6, 6.07) is 16.3. The SMILES string of the molecule is CN(C)C[C@@H]1CCCC[C@@]1(O)c1cccc(OC(=O)CC2(CNC(=O)Oc3ccccc3)CCCCC2)c1. The zero-order chi connectivity index (χ0) is 27.0. The van der Waals surface area contributed by atoms with Gasteiger partial charge in [0, 0.05) is 19.0 Å². The third-order valence-corrected chi connectivity index (χ3v) is 8.18. The lowest BCUT2D eigenvalue weighted by atomic mass is 9.71. The van der Waals surface area contributed by atoms with Crippen LogP contribution in [-0.4, -0.2) is 49.3 Å². The molecule has 2 aromatic carbocycles. The smallest absolute Gasteiger partial charge is 0.412 e. The van der Waals surface area contributed by atoms with Crippen LogP contribution >= 0.6 is 0 Å². The predicted octanol–water partition coefficient (Wildman–Crippen LogP) is 5.66. The molecule has 7 heteroatoms. The van der Waals surface area contributed by atoms with Gasteiger partial charge in [0.15, 0.2) is 0 Å². The summed E-state index contributed by atoms with van der Waals surface area (Å²) in [5, 5.41) is 14.6. The quantitative estimate of drug-likeness (QED) is 0.326. The minimum atomic E-state index is -0.932. The van der Waals surface area contributed by atoms with Crippen molar-refractivity contribution in [2.75, 3.05) is 27.2 Å². The molecule has 0 unspecified atom stereocenters. The monoisotopic (exact) mass is 522 g/mol. The Morgan fingerprint density at radius 3 is 2.37 bits per heavy atom. The number of nitrogens with zero attached hydrogens (tertiary/aromatic N) is 1. The van der Waals surface area contributed by atoms with E-state index in [9.17, 15) is 14.7 Å². The van der Waals surface area contributed by atoms with Crippen LogP contribution in [0, 0.1) is 11.3 Å². The molecule has 2 aliphatic carbocycles. The number of carbonyl (C=O) groups excluding carboxylic acids is 2. The van der Waals surface area contributed by atoms with E-state index < -0.39 is 11.7 Å². The average Bonchev–Trinajstić information content (AvgIpc) is 2.90. The topological polar surface area (TPSA) is 88.1 Å². The fourth-order valence-electron chi connectivity index (χ4n) is 6.20. The third kappa shape index (κ3) is 7.35. The molecule has 2 aromatic rings. The highest BCUT2D eigenvalue weighted by atomic mass is 16.6. The zero-order valence-corrected chi connectivity index (χ0v) is 22.8. The number of para-hydroxylation sites is 1. The van der Waals surface area contributed by atoms with E-state index in [1.807, 2.05) is 50.5 Å². The number of esters is 1. The number of hydrogen-bond donors (Lipinski definition) is 2. The second-order valence-electron chi connectivity index (χ2n) is 11.4. The van der Waals surface area contributed by atoms with Crippen molar-refractivity contribution < 1.29 is 24.2 Å². The molecule has 4 rings (SSSR count). The summed E-state index contributed by atoms with van der Waals surface area (Å²) in [6.45, 7) is 1.17. The number of aliphatic hydroxyl groups is 1. The average molecular weight is 523 g/mol. The predicted molar refractivity (Wildman–Crippen MR) is 147 cm³/mol. The van der Waals surface area contributed by atoms with Gasteiger partial charge in [0.25, 0.3) is 0 Å². The number of carbonyl (C=O) groups is 2. The largest absolute Gasteiger partial charge is 0.427 e. The normalized spacial score (nSPS) is 23.0. The van der Waals surface area contributed by atoms with Crippen molar-refractivity contribution in [2.45, 2.75) is 69.8 Å². The number of nitrogens with one attached hydrogen (secondary N) is 1. The van der Waals surface area contributed by atoms with E-state index in [4.69, 9.17) is 9.47 Å². The van der Waals surface area contributed by atoms with Gasteiger partial charge in [-0.15, -0.1) is 0 Å². The minimum absolute atomic E-state index is 0.129. The molecule has 0 aromatic heterocycles. The first-order valence-corrected chi connectivity index (χ1v) is 14.0. The van der Waals surface area contributed by atoms with Gasteiger partial charge in [-0.1, -0.05) is 62.4 Å². The number of benzene rings is 2. The van der Waals surface area contributed by atoms with Gasteiger partial charge >= 0.3 is 12.1 Å². The van der Waals surface area contributed by atoms with Crippen LogP contribution in [0.15, 0.2) is 54.6 Å². The number of ether oxygens (including phenoxy) is 2. The van der Waals surface area contributed by atoms with Crippen molar-refractivity contribution in [2.24, 2.45) is 11.3 Å². The Morgan fingerprint density at radius 2 is 1.63 bits per heavy atom. The van der Waals surface area contributed by atoms with Crippen LogP contribution in [-0.2, 0) is 10.4 Å². The van der Waals surface area contributed by atoms with Gasteiger partial charge in [-0.3, -0.25) is 4.79 Å². The summed E-state index contributed by atoms with van der Waals surface area (Å²) in [6.07, 6.45) is 8.32. The molecular formula is C31H42N2O5. The van der Waals surface area contributed by atoms with Crippen LogP contribution in [0.2, 0.25) is 0 Å². The molecule has 0 bridgehead atoms. The van der Waals surface area contributed by atoms with Crippen molar-refractivity contribution in [1.29, 1.82) is 0 Å². The van der Waals surface area contributed by atoms with Crippen LogP contribution in [0.4, 0.5) is 4.79 Å². The van der Waals surface area contributed by atoms with Crippen LogP contribution < -0.4 is 14.8 Å². The lowest BCUT2D eigenvalue weighted by Gasteiger charge is -2.41. The maximum atomic E-state index is 13.2. The molecule has 2 saturated carbocycles. The molecule has 2 aliphatic rings. The van der Waals surface area contributed by atoms with E-state index in [-0.39, 0.29) is 23.7 Å². The highest BCUT2D eigenvalue weighted by Crippen LogP contribution is 2.43. The second kappa shape index (κ2) is 12.8. The molecule has 7 nitrogen and oxygen atoms in total. The summed E-state index contributed by atoms with van der Waals surface area (Å²) in [5.41, 5.74) is -0.480. The Bertz CT molecular complexity index is 1070. The molecule has 2 atom stereocenters. The fourth-order valence-corrected chi connectivity index (χ4v) is 6.20. The Labute approximate surface area is 226 Å². The Balaban J connectivity index is 1.40. The van der Waals surface area contributed by atoms with Crippen LogP contribution in [0.5, 0.6) is 11.5 Å². The standard InChI is InChI=1S/C31H42N2O5/c1-33(2)22-25-12-7-10-19-31(25,36)24-13-11-16-27(20-24)37-28(34)21-30(17-8-4-9-18-30)23-32-29(35)38-26-14-5-3-6-15-26/h3,5-6,11,13-16,20,25,36H,4,7-10,12,17-19,21-23H2,1-2H3,(H,32,35)/t25-,31+/m0/s1. The van der Waals surface area contributed by atoms with Crippen LogP contribution in [0.3, 0.4) is 0 Å². The molecule has 1 amide bonds. The molecule has 0 saturated heterocycles. The highest BCUT2D eigenvalue weighted by Gasteiger charge is 2.41. The fraction of sp³-hybridized carbons (Fsp3) is 0.548. The van der Waals surface area contributed by atoms with Gasteiger partial charge in [0.05, 0.1) is 12.0 Å². The van der Waals surface area contributed by atoms with Crippen molar-refractivity contribution >= 4 is 12.1 Å².